The number of carbonyl (C=O) groups excluding carboxylic acids is 1. The molecule has 2 heteroatoms. The molecule has 1 heterocycles. The lowest BCUT2D eigenvalue weighted by Gasteiger charge is -2.10. The average Bonchev–Trinajstić information content (AvgIpc) is 2.51. The Balaban J connectivity index is 2.30. The first-order valence-corrected chi connectivity index (χ1v) is 5.98. The second-order valence-electron chi connectivity index (χ2n) is 4.65. The molecule has 0 fully saturated rings. The van der Waals surface area contributed by atoms with Gasteiger partial charge in [-0.1, -0.05) is 13.8 Å². The normalized spacial score (nSPS) is 15.2. The molecule has 0 aliphatic carbocycles. The van der Waals surface area contributed by atoms with Gasteiger partial charge >= 0.3 is 0 Å². The summed E-state index contributed by atoms with van der Waals surface area (Å²) < 4.78 is 5.63. The van der Waals surface area contributed by atoms with Crippen LogP contribution in [0.5, 0.6) is 5.75 Å². The van der Waals surface area contributed by atoms with E-state index in [2.05, 4.69) is 0 Å². The number of rotatable bonds is 2. The zero-order valence-corrected chi connectivity index (χ0v) is 9.95. The van der Waals surface area contributed by atoms with Gasteiger partial charge < -0.3 is 4.74 Å². The molecule has 0 spiro atoms. The number of hydrogen-bond acceptors (Lipinski definition) is 2. The van der Waals surface area contributed by atoms with Gasteiger partial charge in [0.2, 0.25) is 0 Å². The fourth-order valence-corrected chi connectivity index (χ4v) is 2.00. The summed E-state index contributed by atoms with van der Waals surface area (Å²) in [6, 6.07) is 5.83. The molecule has 0 N–H and O–H groups in total. The summed E-state index contributed by atoms with van der Waals surface area (Å²) >= 11 is 0. The van der Waals surface area contributed by atoms with Crippen molar-refractivity contribution in [3.8, 4) is 5.75 Å². The zero-order valence-electron chi connectivity index (χ0n) is 9.95. The molecule has 0 atom stereocenters. The number of Topliss-reactive ketones (excluding diaryl/α,β-unsaturated/α-hetero) is 1. The van der Waals surface area contributed by atoms with E-state index in [1.807, 2.05) is 32.0 Å². The molecule has 0 bridgehead atoms. The minimum absolute atomic E-state index is 0.0600. The third kappa shape index (κ3) is 2.26. The van der Waals surface area contributed by atoms with Crippen LogP contribution in [0.15, 0.2) is 18.2 Å². The van der Waals surface area contributed by atoms with Gasteiger partial charge in [0, 0.05) is 11.5 Å². The van der Waals surface area contributed by atoms with Gasteiger partial charge in [-0.05, 0) is 43.0 Å². The maximum Gasteiger partial charge on any atom is 0.165 e. The SMILES string of the molecule is CC(C)C(=O)c1ccc2c(c1)CCCCO2. The van der Waals surface area contributed by atoms with Crippen molar-refractivity contribution in [2.24, 2.45) is 5.92 Å². The summed E-state index contributed by atoms with van der Waals surface area (Å²) in [5, 5.41) is 0. The van der Waals surface area contributed by atoms with Crippen molar-refractivity contribution in [3.63, 3.8) is 0 Å². The standard InChI is InChI=1S/C14H18O2/c1-10(2)14(15)12-6-7-13-11(9-12)5-3-4-8-16-13/h6-7,9-10H,3-5,8H2,1-2H3. The first kappa shape index (κ1) is 11.2. The molecule has 0 radical (unpaired) electrons. The molecule has 2 nitrogen and oxygen atoms in total. The predicted octanol–water partition coefficient (Wildman–Crippen LogP) is 3.24. The van der Waals surface area contributed by atoms with Crippen molar-refractivity contribution in [3.05, 3.63) is 29.3 Å². The third-order valence-electron chi connectivity index (χ3n) is 2.97. The smallest absolute Gasteiger partial charge is 0.165 e. The largest absolute Gasteiger partial charge is 0.493 e. The molecule has 0 aromatic heterocycles. The van der Waals surface area contributed by atoms with Gasteiger partial charge in [0.25, 0.3) is 0 Å². The molecule has 1 aliphatic rings. The van der Waals surface area contributed by atoms with E-state index in [0.717, 1.165) is 37.2 Å². The van der Waals surface area contributed by atoms with Crippen LogP contribution in [0.1, 0.15) is 42.6 Å². The lowest BCUT2D eigenvalue weighted by atomic mass is 9.97. The topological polar surface area (TPSA) is 26.3 Å². The molecule has 16 heavy (non-hydrogen) atoms. The third-order valence-corrected chi connectivity index (χ3v) is 2.97. The number of benzene rings is 1. The van der Waals surface area contributed by atoms with E-state index in [0.29, 0.717) is 0 Å². The van der Waals surface area contributed by atoms with Crippen LogP contribution < -0.4 is 4.74 Å². The van der Waals surface area contributed by atoms with E-state index < -0.39 is 0 Å². The van der Waals surface area contributed by atoms with Gasteiger partial charge in [-0.2, -0.15) is 0 Å². The molecule has 0 unspecified atom stereocenters. The van der Waals surface area contributed by atoms with E-state index >= 15 is 0 Å². The second-order valence-corrected chi connectivity index (χ2v) is 4.65. The molecule has 1 aliphatic heterocycles. The highest BCUT2D eigenvalue weighted by Crippen LogP contribution is 2.26. The molecule has 86 valence electrons. The van der Waals surface area contributed by atoms with Crippen molar-refractivity contribution >= 4 is 5.78 Å². The van der Waals surface area contributed by atoms with Crippen molar-refractivity contribution in [2.45, 2.75) is 33.1 Å². The van der Waals surface area contributed by atoms with E-state index in [1.54, 1.807) is 0 Å². The van der Waals surface area contributed by atoms with Crippen molar-refractivity contribution in [2.75, 3.05) is 6.61 Å². The Morgan fingerprint density at radius 3 is 2.88 bits per heavy atom. The molecule has 1 aromatic carbocycles. The summed E-state index contributed by atoms with van der Waals surface area (Å²) in [5.41, 5.74) is 2.00. The quantitative estimate of drug-likeness (QED) is 0.712. The van der Waals surface area contributed by atoms with E-state index in [9.17, 15) is 4.79 Å². The highest BCUT2D eigenvalue weighted by atomic mass is 16.5. The predicted molar refractivity (Wildman–Crippen MR) is 64.0 cm³/mol. The minimum atomic E-state index is 0.0600. The van der Waals surface area contributed by atoms with Crippen LogP contribution in [-0.4, -0.2) is 12.4 Å². The Morgan fingerprint density at radius 2 is 2.12 bits per heavy atom. The van der Waals surface area contributed by atoms with Crippen LogP contribution in [-0.2, 0) is 6.42 Å². The fourth-order valence-electron chi connectivity index (χ4n) is 2.00. The molecule has 2 rings (SSSR count). The highest BCUT2D eigenvalue weighted by Gasteiger charge is 2.14. The number of ether oxygens (including phenoxy) is 1. The van der Waals surface area contributed by atoms with Crippen LogP contribution in [0.2, 0.25) is 0 Å². The zero-order chi connectivity index (χ0) is 11.5. The van der Waals surface area contributed by atoms with Crippen LogP contribution >= 0.6 is 0 Å². The minimum Gasteiger partial charge on any atom is -0.493 e. The molecular formula is C14H18O2. The Labute approximate surface area is 96.6 Å². The lowest BCUT2D eigenvalue weighted by Crippen LogP contribution is -2.08. The number of carbonyl (C=O) groups is 1. The van der Waals surface area contributed by atoms with Gasteiger partial charge in [0.05, 0.1) is 6.61 Å². The molecule has 0 amide bonds. The molecule has 0 saturated carbocycles. The van der Waals surface area contributed by atoms with Crippen LogP contribution in [0.25, 0.3) is 0 Å². The Kier molecular flexibility index (Phi) is 3.28. The number of hydrogen-bond donors (Lipinski definition) is 0. The summed E-state index contributed by atoms with van der Waals surface area (Å²) in [7, 11) is 0. The summed E-state index contributed by atoms with van der Waals surface area (Å²) in [6.45, 7) is 4.67. The number of aryl methyl sites for hydroxylation is 1. The van der Waals surface area contributed by atoms with Crippen LogP contribution in [0, 0.1) is 5.92 Å². The maximum atomic E-state index is 11.9. The summed E-state index contributed by atoms with van der Waals surface area (Å²) in [5.74, 6) is 1.23. The molecular weight excluding hydrogens is 200 g/mol. The lowest BCUT2D eigenvalue weighted by molar-refractivity contribution is 0.0939. The van der Waals surface area contributed by atoms with Gasteiger partial charge in [-0.15, -0.1) is 0 Å². The average molecular weight is 218 g/mol. The molecule has 1 aromatic rings. The van der Waals surface area contributed by atoms with Gasteiger partial charge in [0.1, 0.15) is 5.75 Å². The van der Waals surface area contributed by atoms with Crippen LogP contribution in [0.4, 0.5) is 0 Å². The van der Waals surface area contributed by atoms with E-state index in [-0.39, 0.29) is 11.7 Å². The summed E-state index contributed by atoms with van der Waals surface area (Å²) in [6.07, 6.45) is 3.27. The van der Waals surface area contributed by atoms with Gasteiger partial charge in [-0.3, -0.25) is 4.79 Å². The Hall–Kier alpha value is -1.31. The number of ketones is 1. The fraction of sp³-hybridized carbons (Fsp3) is 0.500. The number of fused-ring (bicyclic) bond motifs is 1. The van der Waals surface area contributed by atoms with Gasteiger partial charge in [0.15, 0.2) is 5.78 Å². The first-order chi connectivity index (χ1) is 7.68. The van der Waals surface area contributed by atoms with Gasteiger partial charge in [-0.25, -0.2) is 0 Å². The monoisotopic (exact) mass is 218 g/mol. The van der Waals surface area contributed by atoms with Crippen molar-refractivity contribution in [1.29, 1.82) is 0 Å². The van der Waals surface area contributed by atoms with E-state index in [1.165, 1.54) is 5.56 Å². The first-order valence-electron chi connectivity index (χ1n) is 5.98. The highest BCUT2D eigenvalue weighted by molar-refractivity contribution is 5.97. The summed E-state index contributed by atoms with van der Waals surface area (Å²) in [4.78, 5) is 11.9. The van der Waals surface area contributed by atoms with Crippen molar-refractivity contribution < 1.29 is 9.53 Å². The maximum absolute atomic E-state index is 11.9. The Morgan fingerprint density at radius 1 is 1.31 bits per heavy atom. The second kappa shape index (κ2) is 4.69. The van der Waals surface area contributed by atoms with E-state index in [4.69, 9.17) is 4.74 Å². The molecule has 0 saturated heterocycles. The Bertz CT molecular complexity index is 394. The van der Waals surface area contributed by atoms with Crippen molar-refractivity contribution in [1.82, 2.24) is 0 Å². The van der Waals surface area contributed by atoms with Crippen LogP contribution in [0.3, 0.4) is 0 Å².